The molecule has 0 atom stereocenters. The monoisotopic (exact) mass is 958 g/mol. The van der Waals surface area contributed by atoms with Crippen molar-refractivity contribution in [3.63, 3.8) is 0 Å². The van der Waals surface area contributed by atoms with Crippen molar-refractivity contribution in [3.05, 3.63) is 131 Å². The Hall–Kier alpha value is -2.43. The summed E-state index contributed by atoms with van der Waals surface area (Å²) in [6.07, 6.45) is 12.3. The molecule has 61 heavy (non-hydrogen) atoms. The van der Waals surface area contributed by atoms with Crippen molar-refractivity contribution >= 4 is 27.0 Å². The van der Waals surface area contributed by atoms with E-state index >= 15 is 0 Å². The van der Waals surface area contributed by atoms with E-state index in [1.54, 1.807) is 0 Å². The summed E-state index contributed by atoms with van der Waals surface area (Å²) in [4.78, 5) is 0. The van der Waals surface area contributed by atoms with Gasteiger partial charge in [-0.1, -0.05) is 164 Å². The SMILES string of the molecule is CC(C)c1ccc(-c2cccc3[cH-]c(CC4CCCCC4)cc23)cc1.CC(C)c1ccc(-c2cccc3[cH-]c(CC4CCCCC4)cc23)cc1.C[Si](=[Zr+2])CCC(F)(F)F.[Cl-].[Cl-]. The quantitative estimate of drug-likeness (QED) is 0.0948. The molecule has 2 saturated carbocycles. The van der Waals surface area contributed by atoms with Crippen LogP contribution in [0, 0.1) is 11.8 Å². The Morgan fingerprint density at radius 1 is 0.590 bits per heavy atom. The van der Waals surface area contributed by atoms with Crippen molar-refractivity contribution in [2.75, 3.05) is 0 Å². The number of hydrogen-bond acceptors (Lipinski definition) is 0. The first-order valence-electron chi connectivity index (χ1n) is 22.5. The molecule has 0 N–H and O–H groups in total. The number of benzene rings is 4. The first-order valence-corrected chi connectivity index (χ1v) is 28.4. The van der Waals surface area contributed by atoms with E-state index in [2.05, 4.69) is 137 Å². The first-order chi connectivity index (χ1) is 28.3. The maximum absolute atomic E-state index is 11.4. The molecule has 0 nitrogen and oxygen atoms in total. The third-order valence-corrected chi connectivity index (χ3v) is 15.5. The summed E-state index contributed by atoms with van der Waals surface area (Å²) in [7, 11) is 0. The Labute approximate surface area is 392 Å². The van der Waals surface area contributed by atoms with E-state index in [9.17, 15) is 13.2 Å². The standard InChI is InChI=1S/2C25H29.C4H7F3Si.2ClH.Zr/c2*1-18(2)21-11-13-22(14-12-21)24-10-6-9-23-16-20(17-25(23)24)15-19-7-4-3-5-8-19;1-8-3-2-4(5,6)7;;;/h2*6,9-14,16-19H,3-5,7-8,15H2,1-2H3;2-3H2,1H3;2*1H;/q2*-1;;;;+2/p-2. The van der Waals surface area contributed by atoms with Crippen molar-refractivity contribution in [1.82, 2.24) is 0 Å². The normalized spacial score (nSPS) is 14.8. The first kappa shape index (κ1) is 51.2. The Kier molecular flexibility index (Phi) is 20.6. The van der Waals surface area contributed by atoms with Gasteiger partial charge in [-0.05, 0) is 58.8 Å². The van der Waals surface area contributed by atoms with Gasteiger partial charge in [0.1, 0.15) is 0 Å². The molecule has 0 bridgehead atoms. The van der Waals surface area contributed by atoms with Crippen LogP contribution in [0.15, 0.2) is 109 Å². The number of alkyl halides is 3. The van der Waals surface area contributed by atoms with Gasteiger partial charge >= 0.3 is 67.1 Å². The largest absolute Gasteiger partial charge is 1.00 e. The van der Waals surface area contributed by atoms with Crippen molar-refractivity contribution in [2.45, 2.75) is 142 Å². The summed E-state index contributed by atoms with van der Waals surface area (Å²) in [5.74, 6) is 2.98. The third kappa shape index (κ3) is 15.4. The van der Waals surface area contributed by atoms with Gasteiger partial charge in [0.05, 0.1) is 0 Å². The van der Waals surface area contributed by atoms with Crippen LogP contribution < -0.4 is 24.8 Å². The molecule has 7 heteroatoms. The van der Waals surface area contributed by atoms with Crippen LogP contribution >= 0.6 is 0 Å². The predicted octanol–water partition coefficient (Wildman–Crippen LogP) is 11.1. The van der Waals surface area contributed by atoms with Gasteiger partial charge < -0.3 is 24.8 Å². The van der Waals surface area contributed by atoms with E-state index in [1.807, 2.05) is 6.55 Å². The summed E-state index contributed by atoms with van der Waals surface area (Å²) in [5, 5.41) is 5.64. The molecular formula is C54H65Cl2F3SiZr-2. The van der Waals surface area contributed by atoms with Crippen LogP contribution in [0.4, 0.5) is 13.2 Å². The molecule has 6 aromatic carbocycles. The van der Waals surface area contributed by atoms with Gasteiger partial charge in [-0.25, -0.2) is 0 Å². The van der Waals surface area contributed by atoms with Gasteiger partial charge in [0.25, 0.3) is 0 Å². The van der Waals surface area contributed by atoms with Crippen LogP contribution in [0.1, 0.15) is 132 Å². The van der Waals surface area contributed by atoms with Gasteiger partial charge in [-0.3, -0.25) is 0 Å². The van der Waals surface area contributed by atoms with E-state index in [-0.39, 0.29) is 24.8 Å². The zero-order chi connectivity index (χ0) is 41.9. The molecule has 326 valence electrons. The van der Waals surface area contributed by atoms with Crippen LogP contribution in [0.2, 0.25) is 12.6 Å². The van der Waals surface area contributed by atoms with Crippen LogP contribution in [-0.2, 0) is 36.2 Å². The molecule has 0 unspecified atom stereocenters. The van der Waals surface area contributed by atoms with Crippen LogP contribution in [0.25, 0.3) is 43.8 Å². The van der Waals surface area contributed by atoms with Gasteiger partial charge in [0.15, 0.2) is 0 Å². The molecular weight excluding hydrogens is 896 g/mol. The molecule has 2 fully saturated rings. The second-order valence-corrected chi connectivity index (χ2v) is 26.6. The van der Waals surface area contributed by atoms with E-state index in [0.717, 1.165) is 11.8 Å². The molecule has 0 aliphatic heterocycles. The van der Waals surface area contributed by atoms with Gasteiger partial charge in [0, 0.05) is 0 Å². The van der Waals surface area contributed by atoms with E-state index < -0.39 is 18.0 Å². The zero-order valence-electron chi connectivity index (χ0n) is 37.0. The second kappa shape index (κ2) is 24.6. The smallest absolute Gasteiger partial charge is 1.00 e. The number of halogens is 5. The third-order valence-electron chi connectivity index (χ3n) is 12.7. The molecule has 0 saturated heterocycles. The summed E-state index contributed by atoms with van der Waals surface area (Å²) >= 11 is 1.29. The summed E-state index contributed by atoms with van der Waals surface area (Å²) in [5.41, 5.74) is 10.7. The van der Waals surface area contributed by atoms with Gasteiger partial charge in [-0.2, -0.15) is 12.1 Å². The molecule has 0 amide bonds. The average Bonchev–Trinajstić information content (AvgIpc) is 3.84. The maximum atomic E-state index is 11.4. The molecule has 2 aliphatic carbocycles. The number of rotatable bonds is 10. The van der Waals surface area contributed by atoms with Crippen LogP contribution in [-0.4, -0.2) is 11.6 Å². The molecule has 6 aromatic rings. The Balaban J connectivity index is 0.000000219. The van der Waals surface area contributed by atoms with Crippen molar-refractivity contribution in [2.24, 2.45) is 11.8 Å². The minimum atomic E-state index is -3.93. The van der Waals surface area contributed by atoms with E-state index in [0.29, 0.717) is 17.9 Å². The van der Waals surface area contributed by atoms with Gasteiger partial charge in [0.2, 0.25) is 0 Å². The number of fused-ring (bicyclic) bond motifs is 2. The molecule has 8 rings (SSSR count). The Morgan fingerprint density at radius 2 is 0.967 bits per heavy atom. The van der Waals surface area contributed by atoms with Crippen molar-refractivity contribution in [3.8, 4) is 22.3 Å². The maximum Gasteiger partial charge on any atom is -1.00 e. The van der Waals surface area contributed by atoms with Gasteiger partial charge in [-0.15, -0.1) is 69.1 Å². The zero-order valence-corrected chi connectivity index (χ0v) is 42.0. The average molecular weight is 961 g/mol. The van der Waals surface area contributed by atoms with E-state index in [4.69, 9.17) is 0 Å². The second-order valence-electron chi connectivity index (χ2n) is 18.2. The van der Waals surface area contributed by atoms with Crippen molar-refractivity contribution < 1.29 is 61.3 Å². The van der Waals surface area contributed by atoms with E-state index in [1.165, 1.54) is 166 Å². The Morgan fingerprint density at radius 3 is 1.28 bits per heavy atom. The fourth-order valence-electron chi connectivity index (χ4n) is 9.21. The summed E-state index contributed by atoms with van der Waals surface area (Å²) < 4.78 is 34.3. The van der Waals surface area contributed by atoms with Crippen LogP contribution in [0.3, 0.4) is 0 Å². The Bertz CT molecular complexity index is 2070. The predicted molar refractivity (Wildman–Crippen MR) is 246 cm³/mol. The summed E-state index contributed by atoms with van der Waals surface area (Å²) in [6.45, 7) is 10.9. The molecule has 2 aliphatic rings. The molecule has 0 spiro atoms. The molecule has 0 aromatic heterocycles. The fraction of sp³-hybridized carbons (Fsp3) is 0.444. The number of hydrogen-bond donors (Lipinski definition) is 0. The minimum Gasteiger partial charge on any atom is -1.00 e. The molecule has 0 radical (unpaired) electrons. The molecule has 0 heterocycles. The fourth-order valence-corrected chi connectivity index (χ4v) is 10.8. The topological polar surface area (TPSA) is 0 Å². The van der Waals surface area contributed by atoms with Crippen LogP contribution in [0.5, 0.6) is 0 Å². The van der Waals surface area contributed by atoms with Crippen molar-refractivity contribution in [1.29, 1.82) is 0 Å². The minimum absolute atomic E-state index is 0. The summed E-state index contributed by atoms with van der Waals surface area (Å²) in [6, 6.07) is 41.9.